The van der Waals surface area contributed by atoms with Gasteiger partial charge in [0.2, 0.25) is 0 Å². The van der Waals surface area contributed by atoms with E-state index in [2.05, 4.69) is 10.5 Å². The van der Waals surface area contributed by atoms with Crippen LogP contribution in [0.3, 0.4) is 0 Å². The van der Waals surface area contributed by atoms with Gasteiger partial charge in [-0.1, -0.05) is 35.0 Å². The van der Waals surface area contributed by atoms with Crippen molar-refractivity contribution >= 4 is 29.4 Å². The van der Waals surface area contributed by atoms with Crippen molar-refractivity contribution in [3.63, 3.8) is 0 Å². The molecule has 0 heterocycles. The molecular weight excluding hydrogens is 307 g/mol. The van der Waals surface area contributed by atoms with Crippen LogP contribution in [0.4, 0.5) is 10.1 Å². The van der Waals surface area contributed by atoms with Crippen LogP contribution >= 0.6 is 11.6 Å². The lowest BCUT2D eigenvalue weighted by atomic mass is 10.2. The fourth-order valence-corrected chi connectivity index (χ4v) is 1.95. The first-order valence-electron chi connectivity index (χ1n) is 6.52. The van der Waals surface area contributed by atoms with Crippen molar-refractivity contribution in [2.45, 2.75) is 6.92 Å². The van der Waals surface area contributed by atoms with Crippen LogP contribution in [0, 0.1) is 12.7 Å². The van der Waals surface area contributed by atoms with E-state index in [1.165, 1.54) is 12.3 Å². The SMILES string of the molecule is Cc1cc(Cl)ccc1NC(=O)CO/N=C\c1ccccc1F. The molecule has 0 atom stereocenters. The molecule has 114 valence electrons. The minimum absolute atomic E-state index is 0.271. The molecule has 0 aliphatic heterocycles. The second-order valence-electron chi connectivity index (χ2n) is 4.54. The Morgan fingerprint density at radius 1 is 1.36 bits per heavy atom. The largest absolute Gasteiger partial charge is 0.386 e. The molecule has 0 radical (unpaired) electrons. The van der Waals surface area contributed by atoms with Crippen molar-refractivity contribution in [3.05, 3.63) is 64.4 Å². The third-order valence-electron chi connectivity index (χ3n) is 2.83. The number of anilines is 1. The highest BCUT2D eigenvalue weighted by Crippen LogP contribution is 2.19. The van der Waals surface area contributed by atoms with E-state index >= 15 is 0 Å². The molecule has 0 saturated heterocycles. The molecule has 2 aromatic rings. The summed E-state index contributed by atoms with van der Waals surface area (Å²) in [6, 6.07) is 11.3. The number of amides is 1. The number of nitrogens with one attached hydrogen (secondary N) is 1. The molecule has 0 spiro atoms. The molecule has 0 bridgehead atoms. The molecule has 4 nitrogen and oxygen atoms in total. The third-order valence-corrected chi connectivity index (χ3v) is 3.06. The first-order chi connectivity index (χ1) is 10.6. The zero-order chi connectivity index (χ0) is 15.9. The summed E-state index contributed by atoms with van der Waals surface area (Å²) < 4.78 is 13.3. The number of hydrogen-bond acceptors (Lipinski definition) is 3. The van der Waals surface area contributed by atoms with Gasteiger partial charge in [-0.05, 0) is 36.8 Å². The summed E-state index contributed by atoms with van der Waals surface area (Å²) in [5.41, 5.74) is 1.78. The van der Waals surface area contributed by atoms with Gasteiger partial charge >= 0.3 is 0 Å². The van der Waals surface area contributed by atoms with E-state index in [-0.39, 0.29) is 18.1 Å². The van der Waals surface area contributed by atoms with Crippen LogP contribution in [0.1, 0.15) is 11.1 Å². The number of nitrogens with zero attached hydrogens (tertiary/aromatic N) is 1. The highest BCUT2D eigenvalue weighted by molar-refractivity contribution is 6.30. The maximum Gasteiger partial charge on any atom is 0.265 e. The van der Waals surface area contributed by atoms with Crippen molar-refractivity contribution in [1.29, 1.82) is 0 Å². The van der Waals surface area contributed by atoms with Crippen molar-refractivity contribution in [1.82, 2.24) is 0 Å². The summed E-state index contributed by atoms with van der Waals surface area (Å²) in [6.07, 6.45) is 1.22. The molecule has 2 rings (SSSR count). The molecule has 6 heteroatoms. The molecule has 0 aliphatic carbocycles. The van der Waals surface area contributed by atoms with Crippen molar-refractivity contribution in [2.75, 3.05) is 11.9 Å². The Labute approximate surface area is 132 Å². The Morgan fingerprint density at radius 2 is 2.14 bits per heavy atom. The lowest BCUT2D eigenvalue weighted by molar-refractivity contribution is -0.120. The summed E-state index contributed by atoms with van der Waals surface area (Å²) in [6.45, 7) is 1.56. The van der Waals surface area contributed by atoms with E-state index in [0.717, 1.165) is 5.56 Å². The van der Waals surface area contributed by atoms with Gasteiger partial charge in [-0.25, -0.2) is 4.39 Å². The van der Waals surface area contributed by atoms with Gasteiger partial charge in [0.25, 0.3) is 5.91 Å². The van der Waals surface area contributed by atoms with Crippen LogP contribution < -0.4 is 5.32 Å². The third kappa shape index (κ3) is 4.56. The Kier molecular flexibility index (Phi) is 5.49. The smallest absolute Gasteiger partial charge is 0.265 e. The zero-order valence-corrected chi connectivity index (χ0v) is 12.6. The van der Waals surface area contributed by atoms with E-state index < -0.39 is 5.82 Å². The van der Waals surface area contributed by atoms with E-state index in [1.807, 2.05) is 6.92 Å². The van der Waals surface area contributed by atoms with Crippen LogP contribution in [-0.2, 0) is 9.63 Å². The van der Waals surface area contributed by atoms with Gasteiger partial charge in [-0.2, -0.15) is 0 Å². The molecule has 1 amide bonds. The Hall–Kier alpha value is -2.40. The van der Waals surface area contributed by atoms with Gasteiger partial charge < -0.3 is 10.2 Å². The molecule has 22 heavy (non-hydrogen) atoms. The van der Waals surface area contributed by atoms with Gasteiger partial charge in [-0.3, -0.25) is 4.79 Å². The topological polar surface area (TPSA) is 50.7 Å². The minimum Gasteiger partial charge on any atom is -0.386 e. The van der Waals surface area contributed by atoms with Crippen LogP contribution in [-0.4, -0.2) is 18.7 Å². The minimum atomic E-state index is -0.406. The van der Waals surface area contributed by atoms with Gasteiger partial charge in [-0.15, -0.1) is 0 Å². The number of aryl methyl sites for hydroxylation is 1. The molecule has 0 fully saturated rings. The number of oxime groups is 1. The molecular formula is C16H14ClFN2O2. The lowest BCUT2D eigenvalue weighted by Gasteiger charge is -2.07. The summed E-state index contributed by atoms with van der Waals surface area (Å²) in [4.78, 5) is 16.6. The van der Waals surface area contributed by atoms with Gasteiger partial charge in [0.05, 0.1) is 6.21 Å². The Balaban J connectivity index is 1.84. The van der Waals surface area contributed by atoms with E-state index in [0.29, 0.717) is 10.7 Å². The van der Waals surface area contributed by atoms with E-state index in [4.69, 9.17) is 16.4 Å². The second kappa shape index (κ2) is 7.56. The van der Waals surface area contributed by atoms with Crippen LogP contribution in [0.25, 0.3) is 0 Å². The van der Waals surface area contributed by atoms with Crippen molar-refractivity contribution in [3.8, 4) is 0 Å². The van der Waals surface area contributed by atoms with Gasteiger partial charge in [0.1, 0.15) is 5.82 Å². The molecule has 0 saturated carbocycles. The molecule has 1 N–H and O–H groups in total. The fourth-order valence-electron chi connectivity index (χ4n) is 1.72. The van der Waals surface area contributed by atoms with Gasteiger partial charge in [0.15, 0.2) is 6.61 Å². The number of halogens is 2. The highest BCUT2D eigenvalue weighted by Gasteiger charge is 2.05. The van der Waals surface area contributed by atoms with Crippen molar-refractivity contribution in [2.24, 2.45) is 5.16 Å². The standard InChI is InChI=1S/C16H14ClFN2O2/c1-11-8-13(17)6-7-15(11)20-16(21)10-22-19-9-12-4-2-3-5-14(12)18/h2-9H,10H2,1H3,(H,20,21)/b19-9-. The summed E-state index contributed by atoms with van der Waals surface area (Å²) in [5, 5.41) is 6.85. The van der Waals surface area contributed by atoms with Crippen LogP contribution in [0.2, 0.25) is 5.02 Å². The van der Waals surface area contributed by atoms with Crippen molar-refractivity contribution < 1.29 is 14.0 Å². The maximum atomic E-state index is 13.3. The summed E-state index contributed by atoms with van der Waals surface area (Å²) in [7, 11) is 0. The molecule has 2 aromatic carbocycles. The monoisotopic (exact) mass is 320 g/mol. The molecule has 0 aromatic heterocycles. The lowest BCUT2D eigenvalue weighted by Crippen LogP contribution is -2.17. The van der Waals surface area contributed by atoms with E-state index in [1.54, 1.807) is 36.4 Å². The Bertz CT molecular complexity index is 704. The first kappa shape index (κ1) is 16.0. The molecule has 0 aliphatic rings. The van der Waals surface area contributed by atoms with E-state index in [9.17, 15) is 9.18 Å². The number of hydrogen-bond donors (Lipinski definition) is 1. The van der Waals surface area contributed by atoms with Gasteiger partial charge in [0, 0.05) is 16.3 Å². The average molecular weight is 321 g/mol. The predicted molar refractivity (Wildman–Crippen MR) is 84.8 cm³/mol. The number of carbonyl (C=O) groups is 1. The second-order valence-corrected chi connectivity index (χ2v) is 4.97. The first-order valence-corrected chi connectivity index (χ1v) is 6.90. The quantitative estimate of drug-likeness (QED) is 0.673. The van der Waals surface area contributed by atoms with Crippen LogP contribution in [0.5, 0.6) is 0 Å². The molecule has 0 unspecified atom stereocenters. The number of rotatable bonds is 5. The number of carbonyl (C=O) groups excluding carboxylic acids is 1. The summed E-state index contributed by atoms with van der Waals surface area (Å²) in [5.74, 6) is -0.771. The summed E-state index contributed by atoms with van der Waals surface area (Å²) >= 11 is 5.84. The number of benzene rings is 2. The van der Waals surface area contributed by atoms with Crippen LogP contribution in [0.15, 0.2) is 47.6 Å². The normalized spacial score (nSPS) is 10.7. The predicted octanol–water partition coefficient (Wildman–Crippen LogP) is 3.78. The highest BCUT2D eigenvalue weighted by atomic mass is 35.5. The maximum absolute atomic E-state index is 13.3. The Morgan fingerprint density at radius 3 is 2.86 bits per heavy atom. The average Bonchev–Trinajstić information content (AvgIpc) is 2.48. The zero-order valence-electron chi connectivity index (χ0n) is 11.8. The fraction of sp³-hybridized carbons (Fsp3) is 0.125.